The van der Waals surface area contributed by atoms with Crippen molar-refractivity contribution >= 4 is 12.9 Å². The van der Waals surface area contributed by atoms with Gasteiger partial charge in [-0.1, -0.05) is 0 Å². The number of fused-ring (bicyclic) bond motifs is 1. The average Bonchev–Trinajstić information content (AvgIpc) is 2.40. The van der Waals surface area contributed by atoms with Crippen molar-refractivity contribution in [2.24, 2.45) is 0 Å². The lowest BCUT2D eigenvalue weighted by molar-refractivity contribution is 0.106. The van der Waals surface area contributed by atoms with Gasteiger partial charge in [-0.15, -0.1) is 0 Å². The minimum absolute atomic E-state index is 0.0802. The first kappa shape index (κ1) is 10.1. The lowest BCUT2D eigenvalue weighted by Gasteiger charge is -2.06. The van der Waals surface area contributed by atoms with Crippen LogP contribution in [0, 0.1) is 0 Å². The van der Waals surface area contributed by atoms with Crippen LogP contribution in [0.15, 0.2) is 6.20 Å². The van der Waals surface area contributed by atoms with Crippen molar-refractivity contribution in [1.29, 1.82) is 0 Å². The van der Waals surface area contributed by atoms with E-state index in [0.29, 0.717) is 0 Å². The number of aromatic hydroxyl groups is 1. The molecule has 0 bridgehead atoms. The van der Waals surface area contributed by atoms with Gasteiger partial charge in [-0.2, -0.15) is 0 Å². The van der Waals surface area contributed by atoms with E-state index in [0.717, 1.165) is 6.20 Å². The second-order valence-corrected chi connectivity index (χ2v) is 5.29. The highest BCUT2D eigenvalue weighted by Crippen LogP contribution is 2.56. The molecule has 0 spiro atoms. The van der Waals surface area contributed by atoms with E-state index in [4.69, 9.17) is 4.74 Å². The van der Waals surface area contributed by atoms with Gasteiger partial charge >= 0.3 is 0 Å². The molecule has 1 aliphatic rings. The van der Waals surface area contributed by atoms with Crippen LogP contribution in [-0.2, 0) is 10.7 Å². The zero-order valence-corrected chi connectivity index (χ0v) is 8.69. The van der Waals surface area contributed by atoms with Gasteiger partial charge in [-0.05, 0) is 0 Å². The van der Waals surface area contributed by atoms with Crippen molar-refractivity contribution in [3.63, 3.8) is 0 Å². The fourth-order valence-electron chi connectivity index (χ4n) is 1.52. The molecule has 1 aromatic rings. The SMILES string of the molecule is COc1c(O)cnc2c1C(=O)P(=O)(O)C2. The summed E-state index contributed by atoms with van der Waals surface area (Å²) in [4.78, 5) is 24.6. The molecule has 0 amide bonds. The molecular formula is C8H8NO5P. The molecule has 1 atom stereocenters. The van der Waals surface area contributed by atoms with Crippen LogP contribution in [0.5, 0.6) is 11.5 Å². The molecule has 1 aromatic heterocycles. The number of rotatable bonds is 1. The number of hydrogen-bond acceptors (Lipinski definition) is 5. The standard InChI is InChI=1S/C8H8NO5P/c1-14-7-5(10)2-9-4-3-15(12,13)8(11)6(4)7/h2,10H,3H2,1H3,(H,12,13). The third kappa shape index (κ3) is 1.33. The Kier molecular flexibility index (Phi) is 2.06. The van der Waals surface area contributed by atoms with E-state index in [1.54, 1.807) is 0 Å². The molecule has 0 saturated heterocycles. The highest BCUT2D eigenvalue weighted by atomic mass is 31.2. The Morgan fingerprint density at radius 3 is 2.87 bits per heavy atom. The number of carbonyl (C=O) groups excluding carboxylic acids is 1. The second-order valence-electron chi connectivity index (χ2n) is 3.16. The van der Waals surface area contributed by atoms with Crippen LogP contribution in [0.4, 0.5) is 0 Å². The van der Waals surface area contributed by atoms with Crippen molar-refractivity contribution in [3.8, 4) is 11.5 Å². The predicted octanol–water partition coefficient (Wildman–Crippen LogP) is 0.720. The van der Waals surface area contributed by atoms with Crippen molar-refractivity contribution in [1.82, 2.24) is 4.98 Å². The van der Waals surface area contributed by atoms with E-state index in [1.807, 2.05) is 0 Å². The van der Waals surface area contributed by atoms with Crippen LogP contribution in [0.3, 0.4) is 0 Å². The minimum Gasteiger partial charge on any atom is -0.503 e. The fourth-order valence-corrected chi connectivity index (χ4v) is 2.89. The molecule has 2 N–H and O–H groups in total. The van der Waals surface area contributed by atoms with E-state index in [9.17, 15) is 19.4 Å². The maximum absolute atomic E-state index is 11.5. The van der Waals surface area contributed by atoms with Gasteiger partial charge in [0.05, 0.1) is 30.7 Å². The van der Waals surface area contributed by atoms with Crippen LogP contribution >= 0.6 is 7.37 Å². The Labute approximate surface area is 85.0 Å². The van der Waals surface area contributed by atoms with Crippen LogP contribution < -0.4 is 4.74 Å². The Balaban J connectivity index is 2.72. The maximum atomic E-state index is 11.5. The van der Waals surface area contributed by atoms with E-state index >= 15 is 0 Å². The topological polar surface area (TPSA) is 96.7 Å². The number of methoxy groups -OCH3 is 1. The Morgan fingerprint density at radius 1 is 1.60 bits per heavy atom. The monoisotopic (exact) mass is 229 g/mol. The van der Waals surface area contributed by atoms with Gasteiger partial charge in [0.2, 0.25) is 0 Å². The minimum atomic E-state index is -3.87. The lowest BCUT2D eigenvalue weighted by Crippen LogP contribution is -1.99. The summed E-state index contributed by atoms with van der Waals surface area (Å²) in [5.74, 6) is -0.400. The quantitative estimate of drug-likeness (QED) is 0.688. The summed E-state index contributed by atoms with van der Waals surface area (Å²) < 4.78 is 16.2. The molecule has 80 valence electrons. The van der Waals surface area contributed by atoms with Gasteiger partial charge in [-0.25, -0.2) is 0 Å². The summed E-state index contributed by atoms with van der Waals surface area (Å²) in [6.45, 7) is 0. The Morgan fingerprint density at radius 2 is 2.27 bits per heavy atom. The summed E-state index contributed by atoms with van der Waals surface area (Å²) in [5.41, 5.74) is -0.790. The molecule has 0 saturated carbocycles. The highest BCUT2D eigenvalue weighted by molar-refractivity contribution is 7.76. The summed E-state index contributed by atoms with van der Waals surface area (Å²) in [6, 6.07) is 0. The molecule has 15 heavy (non-hydrogen) atoms. The molecule has 0 radical (unpaired) electrons. The summed E-state index contributed by atoms with van der Waals surface area (Å²) in [6.07, 6.45) is 0.800. The molecule has 0 fully saturated rings. The largest absolute Gasteiger partial charge is 0.503 e. The first-order chi connectivity index (χ1) is 6.97. The van der Waals surface area contributed by atoms with Crippen LogP contribution in [-0.4, -0.2) is 27.6 Å². The molecule has 0 aliphatic carbocycles. The van der Waals surface area contributed by atoms with Gasteiger partial charge in [0, 0.05) is 0 Å². The molecule has 7 heteroatoms. The number of pyridine rings is 1. The molecule has 0 aromatic carbocycles. The van der Waals surface area contributed by atoms with E-state index in [2.05, 4.69) is 4.98 Å². The zero-order chi connectivity index (χ0) is 11.2. The number of nitrogens with zero attached hydrogens (tertiary/aromatic N) is 1. The lowest BCUT2D eigenvalue weighted by atomic mass is 10.2. The number of ether oxygens (including phenoxy) is 1. The van der Waals surface area contributed by atoms with E-state index in [1.165, 1.54) is 7.11 Å². The molecule has 2 heterocycles. The van der Waals surface area contributed by atoms with Gasteiger partial charge < -0.3 is 14.7 Å². The zero-order valence-electron chi connectivity index (χ0n) is 7.80. The molecule has 6 nitrogen and oxygen atoms in total. The number of hydrogen-bond donors (Lipinski definition) is 2. The van der Waals surface area contributed by atoms with Crippen LogP contribution in [0.2, 0.25) is 0 Å². The summed E-state index contributed by atoms with van der Waals surface area (Å²) in [5, 5.41) is 9.35. The third-order valence-electron chi connectivity index (χ3n) is 2.19. The van der Waals surface area contributed by atoms with Gasteiger partial charge in [0.25, 0.3) is 12.9 Å². The van der Waals surface area contributed by atoms with Crippen molar-refractivity contribution in [3.05, 3.63) is 17.5 Å². The third-order valence-corrected chi connectivity index (χ3v) is 3.78. The van der Waals surface area contributed by atoms with Crippen LogP contribution in [0.1, 0.15) is 16.1 Å². The maximum Gasteiger partial charge on any atom is 0.275 e. The average molecular weight is 229 g/mol. The second kappa shape index (κ2) is 3.05. The smallest absolute Gasteiger partial charge is 0.275 e. The van der Waals surface area contributed by atoms with E-state index in [-0.39, 0.29) is 28.9 Å². The van der Waals surface area contributed by atoms with Gasteiger partial charge in [0.1, 0.15) is 0 Å². The predicted molar refractivity (Wildman–Crippen MR) is 50.3 cm³/mol. The summed E-state index contributed by atoms with van der Waals surface area (Å²) >= 11 is 0. The number of carbonyl (C=O) groups is 1. The Bertz CT molecular complexity index is 498. The molecular weight excluding hydrogens is 221 g/mol. The fraction of sp³-hybridized carbons (Fsp3) is 0.250. The molecule has 2 rings (SSSR count). The Hall–Kier alpha value is -1.39. The first-order valence-electron chi connectivity index (χ1n) is 4.09. The number of aromatic nitrogens is 1. The van der Waals surface area contributed by atoms with Gasteiger partial charge in [-0.3, -0.25) is 14.3 Å². The highest BCUT2D eigenvalue weighted by Gasteiger charge is 2.43. The normalized spacial score (nSPS) is 24.0. The van der Waals surface area contributed by atoms with Crippen molar-refractivity contribution in [2.45, 2.75) is 6.16 Å². The molecule has 1 aliphatic heterocycles. The molecule has 1 unspecified atom stereocenters. The van der Waals surface area contributed by atoms with Gasteiger partial charge in [0.15, 0.2) is 11.5 Å². The first-order valence-corrected chi connectivity index (χ1v) is 5.93. The van der Waals surface area contributed by atoms with E-state index < -0.39 is 12.9 Å². The van der Waals surface area contributed by atoms with Crippen molar-refractivity contribution in [2.75, 3.05) is 7.11 Å². The van der Waals surface area contributed by atoms with Crippen LogP contribution in [0.25, 0.3) is 0 Å². The summed E-state index contributed by atoms with van der Waals surface area (Å²) in [7, 11) is -2.60. The van der Waals surface area contributed by atoms with Crippen molar-refractivity contribution < 1.29 is 24.1 Å².